The molecule has 2 atom stereocenters. The van der Waals surface area contributed by atoms with E-state index in [-0.39, 0.29) is 30.5 Å². The van der Waals surface area contributed by atoms with Crippen LogP contribution in [-0.2, 0) is 4.79 Å². The molecule has 2 aliphatic rings. The molecule has 1 aromatic heterocycles. The van der Waals surface area contributed by atoms with Crippen molar-refractivity contribution in [3.63, 3.8) is 0 Å². The molecular formula is C13H16N2O3S. The molecule has 0 aromatic carbocycles. The lowest BCUT2D eigenvalue weighted by Crippen LogP contribution is -2.40. The molecule has 0 aliphatic carbocycles. The van der Waals surface area contributed by atoms with Gasteiger partial charge in [0.15, 0.2) is 0 Å². The molecule has 102 valence electrons. The van der Waals surface area contributed by atoms with Crippen LogP contribution >= 0.6 is 11.3 Å². The van der Waals surface area contributed by atoms with E-state index in [2.05, 4.69) is 0 Å². The molecule has 2 aliphatic heterocycles. The van der Waals surface area contributed by atoms with Gasteiger partial charge in [-0.1, -0.05) is 0 Å². The Labute approximate surface area is 115 Å². The summed E-state index contributed by atoms with van der Waals surface area (Å²) in [5.74, 6) is 0.0688. The molecule has 0 bridgehead atoms. The van der Waals surface area contributed by atoms with Crippen LogP contribution < -0.4 is 0 Å². The maximum absolute atomic E-state index is 12.4. The zero-order valence-corrected chi connectivity index (χ0v) is 11.3. The third kappa shape index (κ3) is 2.04. The molecule has 2 amide bonds. The van der Waals surface area contributed by atoms with Crippen LogP contribution in [0.3, 0.4) is 0 Å². The number of amides is 2. The molecule has 0 radical (unpaired) electrons. The maximum Gasteiger partial charge on any atom is 0.255 e. The van der Waals surface area contributed by atoms with Crippen molar-refractivity contribution in [1.82, 2.24) is 9.80 Å². The molecule has 5 nitrogen and oxygen atoms in total. The minimum absolute atomic E-state index is 0.0204. The third-order valence-electron chi connectivity index (χ3n) is 3.98. The highest BCUT2D eigenvalue weighted by atomic mass is 32.1. The van der Waals surface area contributed by atoms with Crippen LogP contribution in [0, 0.1) is 0 Å². The summed E-state index contributed by atoms with van der Waals surface area (Å²) in [7, 11) is 0. The number of aliphatic hydroxyl groups excluding tert-OH is 1. The van der Waals surface area contributed by atoms with Gasteiger partial charge in [0.1, 0.15) is 0 Å². The van der Waals surface area contributed by atoms with Crippen molar-refractivity contribution in [2.45, 2.75) is 24.9 Å². The Morgan fingerprint density at radius 3 is 3.00 bits per heavy atom. The van der Waals surface area contributed by atoms with Crippen LogP contribution in [0.5, 0.6) is 0 Å². The predicted molar refractivity (Wildman–Crippen MR) is 71.0 cm³/mol. The molecule has 2 saturated heterocycles. The molecule has 1 N–H and O–H groups in total. The SMILES string of the molecule is O=C1C[C@@H]2[C@@H](CCN2C(=O)c2ccsc2)N1CCO. The van der Waals surface area contributed by atoms with Crippen molar-refractivity contribution in [3.8, 4) is 0 Å². The largest absolute Gasteiger partial charge is 0.395 e. The van der Waals surface area contributed by atoms with Crippen LogP contribution in [0.15, 0.2) is 16.8 Å². The van der Waals surface area contributed by atoms with Gasteiger partial charge in [-0.2, -0.15) is 11.3 Å². The normalized spacial score (nSPS) is 26.1. The highest BCUT2D eigenvalue weighted by molar-refractivity contribution is 7.08. The number of thiophene rings is 1. The number of nitrogens with zero attached hydrogens (tertiary/aromatic N) is 2. The summed E-state index contributed by atoms with van der Waals surface area (Å²) in [6.07, 6.45) is 1.20. The molecule has 0 spiro atoms. The van der Waals surface area contributed by atoms with Crippen molar-refractivity contribution < 1.29 is 14.7 Å². The van der Waals surface area contributed by atoms with E-state index in [4.69, 9.17) is 5.11 Å². The number of rotatable bonds is 3. The molecule has 3 heterocycles. The monoisotopic (exact) mass is 280 g/mol. The van der Waals surface area contributed by atoms with Crippen LogP contribution in [0.25, 0.3) is 0 Å². The van der Waals surface area contributed by atoms with Crippen molar-refractivity contribution >= 4 is 23.2 Å². The second-order valence-electron chi connectivity index (χ2n) is 4.95. The molecule has 0 unspecified atom stereocenters. The fraction of sp³-hybridized carbons (Fsp3) is 0.538. The number of carbonyl (C=O) groups is 2. The van der Waals surface area contributed by atoms with Crippen molar-refractivity contribution in [2.75, 3.05) is 19.7 Å². The number of aliphatic hydroxyl groups is 1. The average molecular weight is 280 g/mol. The molecule has 2 fully saturated rings. The average Bonchev–Trinajstić information content (AvgIpc) is 3.08. The zero-order valence-electron chi connectivity index (χ0n) is 10.5. The van der Waals surface area contributed by atoms with Gasteiger partial charge in [-0.3, -0.25) is 9.59 Å². The molecule has 6 heteroatoms. The minimum atomic E-state index is -0.0218. The number of hydrogen-bond acceptors (Lipinski definition) is 4. The first-order chi connectivity index (χ1) is 9.22. The van der Waals surface area contributed by atoms with Crippen LogP contribution in [0.2, 0.25) is 0 Å². The lowest BCUT2D eigenvalue weighted by atomic mass is 10.1. The molecule has 1 aromatic rings. The first-order valence-electron chi connectivity index (χ1n) is 6.46. The second kappa shape index (κ2) is 4.94. The fourth-order valence-corrected chi connectivity index (χ4v) is 3.76. The smallest absolute Gasteiger partial charge is 0.255 e. The van der Waals surface area contributed by atoms with Gasteiger partial charge < -0.3 is 14.9 Å². The Morgan fingerprint density at radius 1 is 1.47 bits per heavy atom. The molecule has 0 saturated carbocycles. The summed E-state index contributed by atoms with van der Waals surface area (Å²) in [6, 6.07) is 1.89. The molecule has 3 rings (SSSR count). The Morgan fingerprint density at radius 2 is 2.32 bits per heavy atom. The topological polar surface area (TPSA) is 60.9 Å². The van der Waals surface area contributed by atoms with Gasteiger partial charge >= 0.3 is 0 Å². The van der Waals surface area contributed by atoms with Gasteiger partial charge in [-0.25, -0.2) is 0 Å². The van der Waals surface area contributed by atoms with Crippen LogP contribution in [-0.4, -0.2) is 58.5 Å². The van der Waals surface area contributed by atoms with Gasteiger partial charge in [-0.15, -0.1) is 0 Å². The fourth-order valence-electron chi connectivity index (χ4n) is 3.13. The van der Waals surface area contributed by atoms with Gasteiger partial charge in [0, 0.05) is 24.9 Å². The van der Waals surface area contributed by atoms with Crippen LogP contribution in [0.4, 0.5) is 0 Å². The third-order valence-corrected chi connectivity index (χ3v) is 4.67. The molecular weight excluding hydrogens is 264 g/mol. The highest BCUT2D eigenvalue weighted by Crippen LogP contribution is 2.33. The summed E-state index contributed by atoms with van der Waals surface area (Å²) in [5.41, 5.74) is 0.707. The predicted octanol–water partition coefficient (Wildman–Crippen LogP) is 0.556. The first-order valence-corrected chi connectivity index (χ1v) is 7.40. The van der Waals surface area contributed by atoms with E-state index in [0.29, 0.717) is 25.1 Å². The summed E-state index contributed by atoms with van der Waals surface area (Å²) < 4.78 is 0. The lowest BCUT2D eigenvalue weighted by molar-refractivity contribution is -0.129. The van der Waals surface area contributed by atoms with E-state index < -0.39 is 0 Å². The van der Waals surface area contributed by atoms with Crippen molar-refractivity contribution in [1.29, 1.82) is 0 Å². The van der Waals surface area contributed by atoms with Gasteiger partial charge in [0.2, 0.25) is 5.91 Å². The summed E-state index contributed by atoms with van der Waals surface area (Å²) in [6.45, 7) is 1.05. The minimum Gasteiger partial charge on any atom is -0.395 e. The van der Waals surface area contributed by atoms with E-state index in [1.807, 2.05) is 21.7 Å². The standard InChI is InChI=1S/C13H16N2O3S/c16-5-4-14-10-1-3-15(11(10)7-12(14)17)13(18)9-2-6-19-8-9/h2,6,8,10-11,16H,1,3-5,7H2/t10-,11-/m1/s1. The Balaban J connectivity index is 1.77. The van der Waals surface area contributed by atoms with E-state index >= 15 is 0 Å². The number of fused-ring (bicyclic) bond motifs is 1. The quantitative estimate of drug-likeness (QED) is 0.880. The number of β-amino-alcohol motifs (C(OH)–C–C–N with tert-alkyl or cyclic N) is 1. The van der Waals surface area contributed by atoms with Gasteiger partial charge in [0.05, 0.1) is 24.3 Å². The Hall–Kier alpha value is -1.40. The lowest BCUT2D eigenvalue weighted by Gasteiger charge is -2.24. The van der Waals surface area contributed by atoms with Gasteiger partial charge in [-0.05, 0) is 17.9 Å². The van der Waals surface area contributed by atoms with E-state index in [0.717, 1.165) is 6.42 Å². The maximum atomic E-state index is 12.4. The van der Waals surface area contributed by atoms with Crippen molar-refractivity contribution in [2.24, 2.45) is 0 Å². The first kappa shape index (κ1) is 12.6. The summed E-state index contributed by atoms with van der Waals surface area (Å²) in [5, 5.41) is 12.7. The van der Waals surface area contributed by atoms with Gasteiger partial charge in [0.25, 0.3) is 5.91 Å². The van der Waals surface area contributed by atoms with Crippen LogP contribution in [0.1, 0.15) is 23.2 Å². The zero-order chi connectivity index (χ0) is 13.4. The number of carbonyl (C=O) groups excluding carboxylic acids is 2. The van der Waals surface area contributed by atoms with E-state index in [1.165, 1.54) is 11.3 Å². The number of likely N-dealkylation sites (tertiary alicyclic amines) is 2. The Kier molecular flexibility index (Phi) is 3.28. The highest BCUT2D eigenvalue weighted by Gasteiger charge is 2.48. The van der Waals surface area contributed by atoms with E-state index in [9.17, 15) is 9.59 Å². The number of hydrogen-bond donors (Lipinski definition) is 1. The Bertz CT molecular complexity index is 488. The summed E-state index contributed by atoms with van der Waals surface area (Å²) >= 11 is 1.50. The summed E-state index contributed by atoms with van der Waals surface area (Å²) in [4.78, 5) is 27.8. The molecule has 19 heavy (non-hydrogen) atoms. The van der Waals surface area contributed by atoms with Crippen molar-refractivity contribution in [3.05, 3.63) is 22.4 Å². The van der Waals surface area contributed by atoms with E-state index in [1.54, 1.807) is 4.90 Å². The second-order valence-corrected chi connectivity index (χ2v) is 5.73.